The molecule has 0 spiro atoms. The zero-order valence-corrected chi connectivity index (χ0v) is 19.7. The Kier molecular flexibility index (Phi) is 8.13. The first-order valence-corrected chi connectivity index (χ1v) is 12.5. The van der Waals surface area contributed by atoms with Crippen molar-refractivity contribution < 1.29 is 24.1 Å². The average molecular weight is 452 g/mol. The van der Waals surface area contributed by atoms with Crippen LogP contribution in [0.1, 0.15) is 44.6 Å². The zero-order valence-electron chi connectivity index (χ0n) is 19.7. The fourth-order valence-corrected chi connectivity index (χ4v) is 4.97. The summed E-state index contributed by atoms with van der Waals surface area (Å²) in [6, 6.07) is 17.7. The SMILES string of the molecule is CCCCCCOc1ccc(N2C(=O)C[C@H]([NH+]3CC[NH+](Cc4ccccc4)CC3)C2=O)cc1. The van der Waals surface area contributed by atoms with Crippen LogP contribution in [-0.4, -0.2) is 50.6 Å². The topological polar surface area (TPSA) is 55.5 Å². The second kappa shape index (κ2) is 11.4. The molecule has 2 aliphatic heterocycles. The van der Waals surface area contributed by atoms with E-state index in [1.165, 1.54) is 34.6 Å². The summed E-state index contributed by atoms with van der Waals surface area (Å²) in [6.45, 7) is 7.79. The smallest absolute Gasteiger partial charge is 0.292 e. The van der Waals surface area contributed by atoms with Gasteiger partial charge in [-0.1, -0.05) is 56.5 Å². The summed E-state index contributed by atoms with van der Waals surface area (Å²) < 4.78 is 5.80. The molecule has 2 aromatic carbocycles. The van der Waals surface area contributed by atoms with Gasteiger partial charge in [-0.05, 0) is 30.7 Å². The number of nitrogens with one attached hydrogen (secondary N) is 2. The molecule has 0 aromatic heterocycles. The zero-order chi connectivity index (χ0) is 23.0. The van der Waals surface area contributed by atoms with Crippen molar-refractivity contribution in [3.63, 3.8) is 0 Å². The van der Waals surface area contributed by atoms with Crippen molar-refractivity contribution in [3.05, 3.63) is 60.2 Å². The van der Waals surface area contributed by atoms with E-state index in [1.54, 1.807) is 4.90 Å². The molecule has 0 unspecified atom stereocenters. The maximum absolute atomic E-state index is 13.2. The third-order valence-electron chi connectivity index (χ3n) is 6.90. The third kappa shape index (κ3) is 6.01. The van der Waals surface area contributed by atoms with Gasteiger partial charge in [-0.3, -0.25) is 9.59 Å². The number of benzene rings is 2. The Bertz CT molecular complexity index is 908. The molecule has 2 amide bonds. The van der Waals surface area contributed by atoms with Crippen molar-refractivity contribution in [1.29, 1.82) is 0 Å². The van der Waals surface area contributed by atoms with Crippen molar-refractivity contribution in [2.45, 2.75) is 51.6 Å². The molecule has 1 atom stereocenters. The minimum Gasteiger partial charge on any atom is -0.494 e. The van der Waals surface area contributed by atoms with Gasteiger partial charge in [0.05, 0.1) is 18.7 Å². The van der Waals surface area contributed by atoms with E-state index in [9.17, 15) is 9.59 Å². The summed E-state index contributed by atoms with van der Waals surface area (Å²) in [4.78, 5) is 30.1. The fourth-order valence-electron chi connectivity index (χ4n) is 4.97. The normalized spacial score (nSPS) is 23.2. The first-order valence-electron chi connectivity index (χ1n) is 12.5. The Morgan fingerprint density at radius 3 is 2.33 bits per heavy atom. The lowest BCUT2D eigenvalue weighted by Crippen LogP contribution is -3.29. The van der Waals surface area contributed by atoms with Gasteiger partial charge in [0, 0.05) is 5.56 Å². The highest BCUT2D eigenvalue weighted by atomic mass is 16.5. The molecule has 2 N–H and O–H groups in total. The van der Waals surface area contributed by atoms with Crippen molar-refractivity contribution in [3.8, 4) is 5.75 Å². The van der Waals surface area contributed by atoms with Crippen LogP contribution in [0.15, 0.2) is 54.6 Å². The first-order chi connectivity index (χ1) is 16.2. The Morgan fingerprint density at radius 1 is 0.909 bits per heavy atom. The maximum Gasteiger partial charge on any atom is 0.292 e. The van der Waals surface area contributed by atoms with Crippen molar-refractivity contribution in [2.75, 3.05) is 37.7 Å². The lowest BCUT2D eigenvalue weighted by Gasteiger charge is -2.32. The van der Waals surface area contributed by atoms with Gasteiger partial charge in [0.25, 0.3) is 5.91 Å². The van der Waals surface area contributed by atoms with E-state index in [1.807, 2.05) is 30.3 Å². The van der Waals surface area contributed by atoms with Crippen LogP contribution < -0.4 is 19.4 Å². The van der Waals surface area contributed by atoms with Crippen molar-refractivity contribution in [2.24, 2.45) is 0 Å². The van der Waals surface area contributed by atoms with Crippen LogP contribution in [0, 0.1) is 0 Å². The van der Waals surface area contributed by atoms with Crippen LogP contribution in [0.4, 0.5) is 5.69 Å². The molecule has 0 radical (unpaired) electrons. The van der Waals surface area contributed by atoms with Gasteiger partial charge in [-0.2, -0.15) is 0 Å². The number of carbonyl (C=O) groups excluding carboxylic acids is 2. The number of unbranched alkanes of at least 4 members (excludes halogenated alkanes) is 3. The molecule has 6 heteroatoms. The summed E-state index contributed by atoms with van der Waals surface area (Å²) >= 11 is 0. The second-order valence-corrected chi connectivity index (χ2v) is 9.30. The van der Waals surface area contributed by atoms with Gasteiger partial charge in [0.1, 0.15) is 38.5 Å². The number of piperazine rings is 1. The molecule has 33 heavy (non-hydrogen) atoms. The van der Waals surface area contributed by atoms with Crippen LogP contribution in [0.25, 0.3) is 0 Å². The molecule has 2 aromatic rings. The van der Waals surface area contributed by atoms with E-state index in [0.717, 1.165) is 44.9 Å². The summed E-state index contributed by atoms with van der Waals surface area (Å²) in [5.41, 5.74) is 2.00. The van der Waals surface area contributed by atoms with Crippen LogP contribution in [-0.2, 0) is 16.1 Å². The number of rotatable bonds is 10. The Hall–Kier alpha value is -2.70. The monoisotopic (exact) mass is 451 g/mol. The molecule has 2 saturated heterocycles. The van der Waals surface area contributed by atoms with Crippen LogP contribution in [0.3, 0.4) is 0 Å². The Labute approximate surface area is 197 Å². The summed E-state index contributed by atoms with van der Waals surface area (Å²) in [7, 11) is 0. The highest BCUT2D eigenvalue weighted by Crippen LogP contribution is 2.24. The quantitative estimate of drug-likeness (QED) is 0.423. The Morgan fingerprint density at radius 2 is 1.64 bits per heavy atom. The standard InChI is InChI=1S/C27H35N3O3/c1-2-3-4-8-19-33-24-13-11-23(12-14-24)30-26(31)20-25(27(30)32)29-17-15-28(16-18-29)21-22-9-6-5-7-10-22/h5-7,9-14,25H,2-4,8,15-21H2,1H3/p+2/t25-/m0/s1. The van der Waals surface area contributed by atoms with E-state index in [-0.39, 0.29) is 17.9 Å². The van der Waals surface area contributed by atoms with Crippen LogP contribution in [0.5, 0.6) is 5.75 Å². The van der Waals surface area contributed by atoms with Crippen molar-refractivity contribution >= 4 is 17.5 Å². The molecular weight excluding hydrogens is 414 g/mol. The molecule has 2 fully saturated rings. The van der Waals surface area contributed by atoms with Gasteiger partial charge in [-0.25, -0.2) is 4.90 Å². The van der Waals surface area contributed by atoms with E-state index in [4.69, 9.17) is 4.74 Å². The molecule has 6 nitrogen and oxygen atoms in total. The largest absolute Gasteiger partial charge is 0.494 e. The molecule has 0 aliphatic carbocycles. The van der Waals surface area contributed by atoms with Gasteiger partial charge < -0.3 is 14.5 Å². The van der Waals surface area contributed by atoms with Gasteiger partial charge >= 0.3 is 0 Å². The van der Waals surface area contributed by atoms with Gasteiger partial charge in [0.15, 0.2) is 6.04 Å². The van der Waals surface area contributed by atoms with E-state index in [0.29, 0.717) is 18.7 Å². The average Bonchev–Trinajstić information content (AvgIpc) is 3.14. The lowest BCUT2D eigenvalue weighted by molar-refractivity contribution is -1.02. The molecule has 0 bridgehead atoms. The second-order valence-electron chi connectivity index (χ2n) is 9.30. The predicted molar refractivity (Wildman–Crippen MR) is 129 cm³/mol. The minimum absolute atomic E-state index is 0.0604. The molecule has 2 aliphatic rings. The van der Waals surface area contributed by atoms with Gasteiger partial charge in [0.2, 0.25) is 5.91 Å². The van der Waals surface area contributed by atoms with E-state index >= 15 is 0 Å². The number of hydrogen-bond donors (Lipinski definition) is 2. The third-order valence-corrected chi connectivity index (χ3v) is 6.90. The number of imide groups is 1. The van der Waals surface area contributed by atoms with Crippen LogP contribution in [0.2, 0.25) is 0 Å². The fraction of sp³-hybridized carbons (Fsp3) is 0.481. The lowest BCUT2D eigenvalue weighted by atomic mass is 10.1. The van der Waals surface area contributed by atoms with Crippen LogP contribution >= 0.6 is 0 Å². The summed E-state index contributed by atoms with van der Waals surface area (Å²) in [6.07, 6.45) is 4.96. The van der Waals surface area contributed by atoms with E-state index in [2.05, 4.69) is 31.2 Å². The number of carbonyl (C=O) groups is 2. The maximum atomic E-state index is 13.2. The minimum atomic E-state index is -0.259. The number of amides is 2. The Balaban J connectivity index is 1.29. The molecule has 176 valence electrons. The highest BCUT2D eigenvalue weighted by molar-refractivity contribution is 6.21. The van der Waals surface area contributed by atoms with Crippen molar-refractivity contribution in [1.82, 2.24) is 0 Å². The number of anilines is 1. The number of nitrogens with zero attached hydrogens (tertiary/aromatic N) is 1. The molecule has 2 heterocycles. The number of quaternary nitrogens is 2. The first kappa shape index (κ1) is 23.5. The molecule has 0 saturated carbocycles. The molecular formula is C27H37N3O3+2. The summed E-state index contributed by atoms with van der Waals surface area (Å²) in [5.74, 6) is 0.633. The summed E-state index contributed by atoms with van der Waals surface area (Å²) in [5, 5.41) is 0. The molecule has 4 rings (SSSR count). The highest BCUT2D eigenvalue weighted by Gasteiger charge is 2.46. The van der Waals surface area contributed by atoms with E-state index < -0.39 is 0 Å². The predicted octanol–water partition coefficient (Wildman–Crippen LogP) is 1.26. The number of hydrogen-bond acceptors (Lipinski definition) is 3. The number of ether oxygens (including phenoxy) is 1. The van der Waals surface area contributed by atoms with Gasteiger partial charge in [-0.15, -0.1) is 0 Å².